The van der Waals surface area contributed by atoms with Crippen LogP contribution in [0.25, 0.3) is 0 Å². The Kier molecular flexibility index (Phi) is 7.06. The maximum Gasteiger partial charge on any atom is 0.416 e. The first kappa shape index (κ1) is 27.0. The Morgan fingerprint density at radius 3 is 2.08 bits per heavy atom. The van der Waals surface area contributed by atoms with Gasteiger partial charge in [0.15, 0.2) is 0 Å². The van der Waals surface area contributed by atoms with Crippen LogP contribution in [0.3, 0.4) is 0 Å². The van der Waals surface area contributed by atoms with Crippen LogP contribution in [0.2, 0.25) is 5.02 Å². The van der Waals surface area contributed by atoms with E-state index < -0.39 is 67.7 Å². The maximum absolute atomic E-state index is 13.9. The number of hydrogen-bond donors (Lipinski definition) is 0. The minimum Gasteiger partial charge on any atom is -0.484 e. The van der Waals surface area contributed by atoms with E-state index >= 15 is 0 Å². The molecule has 37 heavy (non-hydrogen) atoms. The Labute approximate surface area is 209 Å². The lowest BCUT2D eigenvalue weighted by atomic mass is 9.89. The lowest BCUT2D eigenvalue weighted by Crippen LogP contribution is -2.18. The summed E-state index contributed by atoms with van der Waals surface area (Å²) in [6, 6.07) is 5.88. The van der Waals surface area contributed by atoms with Gasteiger partial charge in [0, 0.05) is 0 Å². The van der Waals surface area contributed by atoms with Gasteiger partial charge in [-0.2, -0.15) is 30.4 Å². The first-order valence-corrected chi connectivity index (χ1v) is 12.1. The van der Waals surface area contributed by atoms with Crippen molar-refractivity contribution in [3.05, 3.63) is 87.2 Å². The van der Waals surface area contributed by atoms with Gasteiger partial charge in [0.25, 0.3) is 0 Å². The quantitative estimate of drug-likeness (QED) is 0.140. The number of halogens is 9. The van der Waals surface area contributed by atoms with E-state index in [4.69, 9.17) is 16.3 Å². The number of fused-ring (bicyclic) bond motifs is 1. The second-order valence-electron chi connectivity index (χ2n) is 7.94. The highest BCUT2D eigenvalue weighted by Gasteiger charge is 2.33. The number of ether oxygens (including phenoxy) is 1. The highest BCUT2D eigenvalue weighted by atomic mass is 35.5. The zero-order valence-electron chi connectivity index (χ0n) is 18.1. The fraction of sp³-hybridized carbons (Fsp3) is 0.217. The van der Waals surface area contributed by atoms with Gasteiger partial charge in [-0.1, -0.05) is 17.7 Å². The zero-order valence-corrected chi connectivity index (χ0v) is 19.7. The lowest BCUT2D eigenvalue weighted by molar-refractivity contribution is -0.137. The van der Waals surface area contributed by atoms with Gasteiger partial charge < -0.3 is 8.92 Å². The summed E-state index contributed by atoms with van der Waals surface area (Å²) in [5, 5.41) is -0.294. The molecule has 0 aliphatic heterocycles. The Morgan fingerprint density at radius 2 is 1.49 bits per heavy atom. The summed E-state index contributed by atoms with van der Waals surface area (Å²) in [6.45, 7) is 0. The molecule has 0 saturated carbocycles. The summed E-state index contributed by atoms with van der Waals surface area (Å²) >= 11 is 5.94. The molecule has 14 heteroatoms. The summed E-state index contributed by atoms with van der Waals surface area (Å²) in [4.78, 5) is -0.636. The van der Waals surface area contributed by atoms with Gasteiger partial charge in [-0.15, -0.1) is 0 Å². The molecule has 0 saturated heterocycles. The molecule has 4 nitrogen and oxygen atoms in total. The molecule has 3 aromatic rings. The SMILES string of the molecule is O=S(=O)(Oc1c(F)c(F)c(F)c(F)c1F)c1ccc2c(c1)CCC[C@H]2Oc1ccc(C(F)(F)F)cc1Cl. The van der Waals surface area contributed by atoms with Gasteiger partial charge in [0.1, 0.15) is 16.7 Å². The molecule has 0 unspecified atom stereocenters. The van der Waals surface area contributed by atoms with Crippen LogP contribution in [0, 0.1) is 29.1 Å². The topological polar surface area (TPSA) is 52.6 Å². The minimum absolute atomic E-state index is 0.0427. The van der Waals surface area contributed by atoms with E-state index in [2.05, 4.69) is 4.18 Å². The van der Waals surface area contributed by atoms with Crippen molar-refractivity contribution >= 4 is 21.7 Å². The van der Waals surface area contributed by atoms with E-state index in [1.165, 1.54) is 6.07 Å². The number of hydrogen-bond acceptors (Lipinski definition) is 4. The predicted molar refractivity (Wildman–Crippen MR) is 113 cm³/mol. The molecular weight excluding hydrogens is 560 g/mol. The largest absolute Gasteiger partial charge is 0.484 e. The Morgan fingerprint density at radius 1 is 0.865 bits per heavy atom. The molecular formula is C23H13ClF8O4S. The predicted octanol–water partition coefficient (Wildman–Crippen LogP) is 7.28. The van der Waals surface area contributed by atoms with Crippen molar-refractivity contribution in [1.82, 2.24) is 0 Å². The molecule has 0 spiro atoms. The molecule has 0 N–H and O–H groups in total. The summed E-state index contributed by atoms with van der Waals surface area (Å²) in [6.07, 6.45) is -4.16. The van der Waals surface area contributed by atoms with Crippen molar-refractivity contribution in [2.75, 3.05) is 0 Å². The van der Waals surface area contributed by atoms with Crippen molar-refractivity contribution in [2.45, 2.75) is 36.4 Å². The fourth-order valence-corrected chi connectivity index (χ4v) is 4.97. The van der Waals surface area contributed by atoms with Crippen LogP contribution >= 0.6 is 11.6 Å². The number of aryl methyl sites for hydroxylation is 1. The Hall–Kier alpha value is -3.06. The molecule has 0 aromatic heterocycles. The van der Waals surface area contributed by atoms with E-state index in [1.807, 2.05) is 0 Å². The lowest BCUT2D eigenvalue weighted by Gasteiger charge is -2.27. The second-order valence-corrected chi connectivity index (χ2v) is 9.89. The van der Waals surface area contributed by atoms with E-state index in [-0.39, 0.29) is 10.8 Å². The molecule has 1 aliphatic carbocycles. The fourth-order valence-electron chi connectivity index (χ4n) is 3.77. The summed E-state index contributed by atoms with van der Waals surface area (Å²) in [5.41, 5.74) is -0.128. The second kappa shape index (κ2) is 9.67. The van der Waals surface area contributed by atoms with Crippen molar-refractivity contribution in [3.63, 3.8) is 0 Å². The van der Waals surface area contributed by atoms with Gasteiger partial charge in [0.2, 0.25) is 34.8 Å². The zero-order chi connectivity index (χ0) is 27.3. The molecule has 0 fully saturated rings. The van der Waals surface area contributed by atoms with E-state index in [0.717, 1.165) is 24.3 Å². The van der Waals surface area contributed by atoms with Gasteiger partial charge in [0.05, 0.1) is 10.6 Å². The summed E-state index contributed by atoms with van der Waals surface area (Å²) in [7, 11) is -5.04. The van der Waals surface area contributed by atoms with Crippen molar-refractivity contribution in [2.24, 2.45) is 0 Å². The van der Waals surface area contributed by atoms with Gasteiger partial charge in [-0.25, -0.2) is 13.2 Å². The van der Waals surface area contributed by atoms with Crippen LogP contribution < -0.4 is 8.92 Å². The van der Waals surface area contributed by atoms with Gasteiger partial charge in [-0.3, -0.25) is 0 Å². The summed E-state index contributed by atoms with van der Waals surface area (Å²) < 4.78 is 142. The maximum atomic E-state index is 13.9. The van der Waals surface area contributed by atoms with Crippen LogP contribution in [0.1, 0.15) is 35.6 Å². The number of rotatable bonds is 5. The molecule has 0 bridgehead atoms. The van der Waals surface area contributed by atoms with Crippen LogP contribution in [-0.2, 0) is 22.7 Å². The Balaban J connectivity index is 1.62. The molecule has 1 atom stereocenters. The summed E-state index contributed by atoms with van der Waals surface area (Å²) in [5.74, 6) is -14.2. The van der Waals surface area contributed by atoms with Crippen LogP contribution in [-0.4, -0.2) is 8.42 Å². The molecule has 198 valence electrons. The van der Waals surface area contributed by atoms with E-state index in [9.17, 15) is 43.5 Å². The highest BCUT2D eigenvalue weighted by molar-refractivity contribution is 7.87. The van der Waals surface area contributed by atoms with Crippen LogP contribution in [0.5, 0.6) is 11.5 Å². The third kappa shape index (κ3) is 5.19. The first-order chi connectivity index (χ1) is 17.2. The average Bonchev–Trinajstić information content (AvgIpc) is 2.84. The smallest absolute Gasteiger partial charge is 0.416 e. The van der Waals surface area contributed by atoms with Gasteiger partial charge >= 0.3 is 16.3 Å². The molecule has 4 rings (SSSR count). The van der Waals surface area contributed by atoms with Crippen molar-refractivity contribution in [1.29, 1.82) is 0 Å². The highest BCUT2D eigenvalue weighted by Crippen LogP contribution is 2.40. The number of alkyl halides is 3. The van der Waals surface area contributed by atoms with Crippen molar-refractivity contribution in [3.8, 4) is 11.5 Å². The molecule has 0 radical (unpaired) electrons. The van der Waals surface area contributed by atoms with E-state index in [0.29, 0.717) is 36.5 Å². The molecule has 1 aliphatic rings. The third-order valence-corrected chi connectivity index (χ3v) is 7.07. The monoisotopic (exact) mass is 572 g/mol. The first-order valence-electron chi connectivity index (χ1n) is 10.3. The third-order valence-electron chi connectivity index (χ3n) is 5.55. The normalized spacial score (nSPS) is 15.9. The molecule has 0 amide bonds. The number of benzene rings is 3. The van der Waals surface area contributed by atoms with Crippen LogP contribution in [0.15, 0.2) is 41.3 Å². The van der Waals surface area contributed by atoms with E-state index in [1.54, 1.807) is 0 Å². The molecule has 3 aromatic carbocycles. The Bertz CT molecular complexity index is 1460. The van der Waals surface area contributed by atoms with Gasteiger partial charge in [-0.05, 0) is 60.7 Å². The standard InChI is InChI=1S/C23H13ClF8O4S/c24-14-9-11(23(30,31)32)4-7-16(14)35-15-3-1-2-10-8-12(5-6-13(10)15)37(33,34)36-22-20(28)18(26)17(25)19(27)21(22)29/h4-9,15H,1-3H2/t15-/m1/s1. The minimum atomic E-state index is -5.04. The van der Waals surface area contributed by atoms with Crippen molar-refractivity contribution < 1.29 is 52.5 Å². The van der Waals surface area contributed by atoms with Crippen LogP contribution in [0.4, 0.5) is 35.1 Å². The average molecular weight is 573 g/mol. The molecule has 0 heterocycles.